The Kier molecular flexibility index (Phi) is 3.77. The molecule has 0 fully saturated rings. The number of hydrogen-bond acceptors (Lipinski definition) is 3. The molecule has 1 aromatic carbocycles. The first-order valence-corrected chi connectivity index (χ1v) is 4.66. The van der Waals surface area contributed by atoms with Gasteiger partial charge in [0.1, 0.15) is 12.4 Å². The molecular formula is C11H17NO2. The number of nitrogens with two attached hydrogens (primary N) is 1. The Balaban J connectivity index is 2.63. The SMILES string of the molecule is COC(C)COc1cccc(N)c1C. The third-order valence-corrected chi connectivity index (χ3v) is 2.20. The highest BCUT2D eigenvalue weighted by atomic mass is 16.5. The van der Waals surface area contributed by atoms with Crippen LogP contribution >= 0.6 is 0 Å². The van der Waals surface area contributed by atoms with Gasteiger partial charge in [0.05, 0.1) is 6.10 Å². The highest BCUT2D eigenvalue weighted by molar-refractivity contribution is 5.53. The van der Waals surface area contributed by atoms with Crippen LogP contribution in [-0.4, -0.2) is 19.8 Å². The second-order valence-corrected chi connectivity index (χ2v) is 3.33. The quantitative estimate of drug-likeness (QED) is 0.747. The van der Waals surface area contributed by atoms with Crippen LogP contribution in [0.3, 0.4) is 0 Å². The van der Waals surface area contributed by atoms with E-state index in [4.69, 9.17) is 15.2 Å². The average molecular weight is 195 g/mol. The number of nitrogen functional groups attached to an aromatic ring is 1. The molecule has 0 aliphatic rings. The molecule has 0 saturated carbocycles. The molecule has 0 radical (unpaired) electrons. The van der Waals surface area contributed by atoms with E-state index in [0.29, 0.717) is 6.61 Å². The van der Waals surface area contributed by atoms with Gasteiger partial charge in [-0.15, -0.1) is 0 Å². The smallest absolute Gasteiger partial charge is 0.124 e. The van der Waals surface area contributed by atoms with Gasteiger partial charge in [-0.2, -0.15) is 0 Å². The number of benzene rings is 1. The molecule has 2 N–H and O–H groups in total. The maximum atomic E-state index is 5.75. The van der Waals surface area contributed by atoms with Crippen molar-refractivity contribution in [2.45, 2.75) is 20.0 Å². The lowest BCUT2D eigenvalue weighted by atomic mass is 10.2. The first-order valence-electron chi connectivity index (χ1n) is 4.66. The van der Waals surface area contributed by atoms with E-state index in [0.717, 1.165) is 17.0 Å². The van der Waals surface area contributed by atoms with Gasteiger partial charge in [0, 0.05) is 18.4 Å². The molecule has 0 aromatic heterocycles. The topological polar surface area (TPSA) is 44.5 Å². The third kappa shape index (κ3) is 2.64. The number of rotatable bonds is 4. The Labute approximate surface area is 84.8 Å². The van der Waals surface area contributed by atoms with Gasteiger partial charge in [-0.05, 0) is 26.0 Å². The van der Waals surface area contributed by atoms with Gasteiger partial charge in [-0.25, -0.2) is 0 Å². The van der Waals surface area contributed by atoms with E-state index < -0.39 is 0 Å². The highest BCUT2D eigenvalue weighted by Gasteiger charge is 2.04. The molecule has 1 rings (SSSR count). The summed E-state index contributed by atoms with van der Waals surface area (Å²) in [7, 11) is 1.67. The van der Waals surface area contributed by atoms with Crippen LogP contribution in [0.5, 0.6) is 5.75 Å². The molecule has 1 unspecified atom stereocenters. The molecule has 3 heteroatoms. The zero-order valence-corrected chi connectivity index (χ0v) is 8.91. The maximum Gasteiger partial charge on any atom is 0.124 e. The predicted octanol–water partition coefficient (Wildman–Crippen LogP) is 1.99. The van der Waals surface area contributed by atoms with Crippen molar-refractivity contribution in [2.75, 3.05) is 19.5 Å². The van der Waals surface area contributed by atoms with E-state index in [1.165, 1.54) is 0 Å². The fourth-order valence-electron chi connectivity index (χ4n) is 1.06. The van der Waals surface area contributed by atoms with Crippen molar-refractivity contribution >= 4 is 5.69 Å². The summed E-state index contributed by atoms with van der Waals surface area (Å²) in [4.78, 5) is 0. The molecule has 0 heterocycles. The van der Waals surface area contributed by atoms with Crippen molar-refractivity contribution < 1.29 is 9.47 Å². The number of ether oxygens (including phenoxy) is 2. The van der Waals surface area contributed by atoms with Crippen molar-refractivity contribution in [3.05, 3.63) is 23.8 Å². The van der Waals surface area contributed by atoms with Crippen molar-refractivity contribution in [3.63, 3.8) is 0 Å². The summed E-state index contributed by atoms with van der Waals surface area (Å²) in [5, 5.41) is 0. The Morgan fingerprint density at radius 2 is 2.14 bits per heavy atom. The van der Waals surface area contributed by atoms with Gasteiger partial charge in [0.15, 0.2) is 0 Å². The van der Waals surface area contributed by atoms with Crippen molar-refractivity contribution in [3.8, 4) is 5.75 Å². The summed E-state index contributed by atoms with van der Waals surface area (Å²) in [6, 6.07) is 5.66. The zero-order chi connectivity index (χ0) is 10.6. The number of methoxy groups -OCH3 is 1. The van der Waals surface area contributed by atoms with Crippen LogP contribution in [0.4, 0.5) is 5.69 Å². The van der Waals surface area contributed by atoms with E-state index in [-0.39, 0.29) is 6.10 Å². The van der Waals surface area contributed by atoms with Crippen LogP contribution in [0.25, 0.3) is 0 Å². The highest BCUT2D eigenvalue weighted by Crippen LogP contribution is 2.22. The van der Waals surface area contributed by atoms with Crippen LogP contribution in [-0.2, 0) is 4.74 Å². The first kappa shape index (κ1) is 10.9. The molecule has 0 bridgehead atoms. The summed E-state index contributed by atoms with van der Waals surface area (Å²) in [5.41, 5.74) is 7.49. The summed E-state index contributed by atoms with van der Waals surface area (Å²) < 4.78 is 10.7. The Hall–Kier alpha value is -1.22. The largest absolute Gasteiger partial charge is 0.491 e. The maximum absolute atomic E-state index is 5.75. The van der Waals surface area contributed by atoms with Crippen LogP contribution in [0.15, 0.2) is 18.2 Å². The van der Waals surface area contributed by atoms with Gasteiger partial charge in [-0.1, -0.05) is 6.07 Å². The molecule has 0 saturated heterocycles. The fourth-order valence-corrected chi connectivity index (χ4v) is 1.06. The van der Waals surface area contributed by atoms with Gasteiger partial charge in [-0.3, -0.25) is 0 Å². The van der Waals surface area contributed by atoms with Crippen LogP contribution < -0.4 is 10.5 Å². The standard InChI is InChI=1S/C11H17NO2/c1-8(13-3)7-14-11-6-4-5-10(12)9(11)2/h4-6,8H,7,12H2,1-3H3. The lowest BCUT2D eigenvalue weighted by Gasteiger charge is -2.13. The van der Waals surface area contributed by atoms with Crippen LogP contribution in [0, 0.1) is 6.92 Å². The lowest BCUT2D eigenvalue weighted by Crippen LogP contribution is -2.16. The first-order chi connectivity index (χ1) is 6.65. The number of hydrogen-bond donors (Lipinski definition) is 1. The average Bonchev–Trinajstić information content (AvgIpc) is 2.20. The molecule has 3 nitrogen and oxygen atoms in total. The molecule has 1 aromatic rings. The van der Waals surface area contributed by atoms with Gasteiger partial charge >= 0.3 is 0 Å². The molecule has 1 atom stereocenters. The van der Waals surface area contributed by atoms with Gasteiger partial charge in [0.2, 0.25) is 0 Å². The minimum absolute atomic E-state index is 0.0934. The Morgan fingerprint density at radius 1 is 1.43 bits per heavy atom. The van der Waals surface area contributed by atoms with E-state index in [9.17, 15) is 0 Å². The van der Waals surface area contributed by atoms with Crippen molar-refractivity contribution in [1.82, 2.24) is 0 Å². The molecule has 0 spiro atoms. The molecule has 0 aliphatic heterocycles. The minimum Gasteiger partial charge on any atom is -0.491 e. The lowest BCUT2D eigenvalue weighted by molar-refractivity contribution is 0.0714. The van der Waals surface area contributed by atoms with Crippen LogP contribution in [0.2, 0.25) is 0 Å². The second kappa shape index (κ2) is 4.86. The molecule has 78 valence electrons. The third-order valence-electron chi connectivity index (χ3n) is 2.20. The summed E-state index contributed by atoms with van der Waals surface area (Å²) >= 11 is 0. The molecular weight excluding hydrogens is 178 g/mol. The monoisotopic (exact) mass is 195 g/mol. The summed E-state index contributed by atoms with van der Waals surface area (Å²) in [5.74, 6) is 0.828. The predicted molar refractivity (Wildman–Crippen MR) is 57.6 cm³/mol. The van der Waals surface area contributed by atoms with E-state index in [1.807, 2.05) is 32.0 Å². The second-order valence-electron chi connectivity index (χ2n) is 3.33. The Bertz CT molecular complexity index is 299. The molecule has 0 aliphatic carbocycles. The van der Waals surface area contributed by atoms with Crippen LogP contribution in [0.1, 0.15) is 12.5 Å². The number of anilines is 1. The van der Waals surface area contributed by atoms with Gasteiger partial charge < -0.3 is 15.2 Å². The molecule has 0 amide bonds. The fraction of sp³-hybridized carbons (Fsp3) is 0.455. The normalized spacial score (nSPS) is 12.5. The van der Waals surface area contributed by atoms with E-state index in [1.54, 1.807) is 7.11 Å². The minimum atomic E-state index is 0.0934. The summed E-state index contributed by atoms with van der Waals surface area (Å²) in [6.45, 7) is 4.45. The Morgan fingerprint density at radius 3 is 2.79 bits per heavy atom. The van der Waals surface area contributed by atoms with Crippen molar-refractivity contribution in [2.24, 2.45) is 0 Å². The van der Waals surface area contributed by atoms with Gasteiger partial charge in [0.25, 0.3) is 0 Å². The van der Waals surface area contributed by atoms with E-state index >= 15 is 0 Å². The zero-order valence-electron chi connectivity index (χ0n) is 8.91. The molecule has 14 heavy (non-hydrogen) atoms. The summed E-state index contributed by atoms with van der Waals surface area (Å²) in [6.07, 6.45) is 0.0934. The van der Waals surface area contributed by atoms with E-state index in [2.05, 4.69) is 0 Å². The van der Waals surface area contributed by atoms with Crippen molar-refractivity contribution in [1.29, 1.82) is 0 Å².